The van der Waals surface area contributed by atoms with Gasteiger partial charge in [0.1, 0.15) is 5.75 Å². The van der Waals surface area contributed by atoms with Crippen LogP contribution < -0.4 is 25.0 Å². The third kappa shape index (κ3) is 7.45. The van der Waals surface area contributed by atoms with Gasteiger partial charge in [0.2, 0.25) is 0 Å². The molecule has 3 N–H and O–H groups in total. The molecule has 260 valence electrons. The van der Waals surface area contributed by atoms with Crippen molar-refractivity contribution in [2.24, 2.45) is 5.92 Å². The first-order chi connectivity index (χ1) is 23.8. The van der Waals surface area contributed by atoms with Crippen molar-refractivity contribution in [1.29, 1.82) is 0 Å². The van der Waals surface area contributed by atoms with Gasteiger partial charge >= 0.3 is 0 Å². The van der Waals surface area contributed by atoms with E-state index in [1.54, 1.807) is 7.11 Å². The maximum atomic E-state index is 14.6. The van der Waals surface area contributed by atoms with Gasteiger partial charge in [-0.1, -0.05) is 47.5 Å². The fourth-order valence-corrected chi connectivity index (χ4v) is 8.33. The number of fused-ring (bicyclic) bond motifs is 2. The quantitative estimate of drug-likeness (QED) is 0.212. The van der Waals surface area contributed by atoms with Crippen LogP contribution in [0.5, 0.6) is 11.5 Å². The molecule has 1 saturated carbocycles. The summed E-state index contributed by atoms with van der Waals surface area (Å²) in [5.41, 5.74) is 7.49. The van der Waals surface area contributed by atoms with Gasteiger partial charge in [0, 0.05) is 68.6 Å². The molecule has 8 nitrogen and oxygen atoms in total. The number of ether oxygens (including phenoxy) is 2. The summed E-state index contributed by atoms with van der Waals surface area (Å²) >= 11 is 12.9. The van der Waals surface area contributed by atoms with Crippen LogP contribution in [0.25, 0.3) is 5.57 Å². The Morgan fingerprint density at radius 1 is 1.06 bits per heavy atom. The van der Waals surface area contributed by atoms with Crippen molar-refractivity contribution in [3.63, 3.8) is 0 Å². The zero-order chi connectivity index (χ0) is 34.1. The SMILES string of the molecule is COc1cccc(CN(C(=O)C2=C(c3ccc(N4CC[C@@H](COc5c(Cl)cc(CCO)cc5Cl)C4)cc3)C[C@H]3CNC[C@@H]2N3)C2CC2)c1C. The van der Waals surface area contributed by atoms with Crippen molar-refractivity contribution in [1.82, 2.24) is 15.5 Å². The highest BCUT2D eigenvalue weighted by atomic mass is 35.5. The van der Waals surface area contributed by atoms with Crippen LogP contribution in [0, 0.1) is 12.8 Å². The predicted octanol–water partition coefficient (Wildman–Crippen LogP) is 6.03. The van der Waals surface area contributed by atoms with E-state index in [1.165, 1.54) is 11.3 Å². The normalized spacial score (nSPS) is 22.0. The molecule has 2 saturated heterocycles. The molecule has 3 heterocycles. The number of anilines is 1. The molecule has 49 heavy (non-hydrogen) atoms. The third-order valence-corrected chi connectivity index (χ3v) is 11.1. The van der Waals surface area contributed by atoms with Crippen molar-refractivity contribution in [3.05, 3.63) is 92.5 Å². The van der Waals surface area contributed by atoms with Crippen molar-refractivity contribution in [2.75, 3.05) is 51.4 Å². The van der Waals surface area contributed by atoms with Gasteiger partial charge in [0.15, 0.2) is 5.75 Å². The lowest BCUT2D eigenvalue weighted by Crippen LogP contribution is -2.60. The highest BCUT2D eigenvalue weighted by Gasteiger charge is 2.41. The van der Waals surface area contributed by atoms with E-state index in [9.17, 15) is 9.90 Å². The summed E-state index contributed by atoms with van der Waals surface area (Å²) in [6.45, 7) is 6.70. The van der Waals surface area contributed by atoms with Crippen LogP contribution in [0.1, 0.15) is 47.9 Å². The molecule has 3 fully saturated rings. The minimum Gasteiger partial charge on any atom is -0.496 e. The van der Waals surface area contributed by atoms with Crippen LogP contribution in [0.4, 0.5) is 5.69 Å². The number of piperazine rings is 1. The molecule has 0 aromatic heterocycles. The summed E-state index contributed by atoms with van der Waals surface area (Å²) < 4.78 is 11.7. The zero-order valence-corrected chi connectivity index (χ0v) is 29.8. The average Bonchev–Trinajstić information content (AvgIpc) is 3.83. The summed E-state index contributed by atoms with van der Waals surface area (Å²) in [7, 11) is 1.70. The number of carbonyl (C=O) groups excluding carboxylic acids is 1. The molecule has 4 aliphatic rings. The predicted molar refractivity (Wildman–Crippen MR) is 196 cm³/mol. The second kappa shape index (κ2) is 14.9. The molecule has 0 radical (unpaired) electrons. The third-order valence-electron chi connectivity index (χ3n) is 10.5. The number of rotatable bonds is 12. The van der Waals surface area contributed by atoms with E-state index in [2.05, 4.69) is 57.7 Å². The van der Waals surface area contributed by atoms with Gasteiger partial charge in [-0.15, -0.1) is 0 Å². The van der Waals surface area contributed by atoms with Crippen LogP contribution >= 0.6 is 23.2 Å². The van der Waals surface area contributed by atoms with E-state index >= 15 is 0 Å². The monoisotopic (exact) mass is 704 g/mol. The highest BCUT2D eigenvalue weighted by molar-refractivity contribution is 6.37. The van der Waals surface area contributed by atoms with Gasteiger partial charge in [-0.3, -0.25) is 4.79 Å². The average molecular weight is 706 g/mol. The first-order valence-electron chi connectivity index (χ1n) is 17.5. The van der Waals surface area contributed by atoms with E-state index in [0.29, 0.717) is 47.3 Å². The van der Waals surface area contributed by atoms with Crippen molar-refractivity contribution in [3.8, 4) is 11.5 Å². The summed E-state index contributed by atoms with van der Waals surface area (Å²) in [6.07, 6.45) is 4.42. The molecule has 1 amide bonds. The van der Waals surface area contributed by atoms with E-state index in [1.807, 2.05) is 24.3 Å². The van der Waals surface area contributed by atoms with E-state index < -0.39 is 0 Å². The van der Waals surface area contributed by atoms with Crippen molar-refractivity contribution < 1.29 is 19.4 Å². The number of hydrogen-bond acceptors (Lipinski definition) is 7. The van der Waals surface area contributed by atoms with Crippen LogP contribution in [-0.4, -0.2) is 80.5 Å². The Bertz CT molecular complexity index is 1690. The molecule has 3 aromatic rings. The van der Waals surface area contributed by atoms with Gasteiger partial charge in [-0.25, -0.2) is 0 Å². The molecule has 1 aliphatic carbocycles. The molecule has 10 heteroatoms. The summed E-state index contributed by atoms with van der Waals surface area (Å²) in [5.74, 6) is 1.85. The highest BCUT2D eigenvalue weighted by Crippen LogP contribution is 2.39. The molecule has 3 aromatic carbocycles. The van der Waals surface area contributed by atoms with Crippen LogP contribution in [0.2, 0.25) is 10.0 Å². The fraction of sp³-hybridized carbons (Fsp3) is 0.462. The molecule has 3 atom stereocenters. The number of methoxy groups -OCH3 is 1. The van der Waals surface area contributed by atoms with E-state index in [4.69, 9.17) is 32.7 Å². The Morgan fingerprint density at radius 2 is 1.84 bits per heavy atom. The number of aliphatic hydroxyl groups is 1. The van der Waals surface area contributed by atoms with Gasteiger partial charge in [0.25, 0.3) is 5.91 Å². The second-order valence-electron chi connectivity index (χ2n) is 13.9. The Hall–Kier alpha value is -3.27. The minimum absolute atomic E-state index is 0.0189. The number of nitrogens with zero attached hydrogens (tertiary/aromatic N) is 2. The summed E-state index contributed by atoms with van der Waals surface area (Å²) in [5, 5.41) is 17.5. The number of nitrogens with one attached hydrogen (secondary N) is 2. The molecular weight excluding hydrogens is 659 g/mol. The number of aliphatic hydroxyl groups excluding tert-OH is 1. The minimum atomic E-state index is -0.0189. The Balaban J connectivity index is 1.07. The summed E-state index contributed by atoms with van der Waals surface area (Å²) in [4.78, 5) is 19.1. The van der Waals surface area contributed by atoms with Crippen LogP contribution in [-0.2, 0) is 17.8 Å². The largest absolute Gasteiger partial charge is 0.496 e. The zero-order valence-electron chi connectivity index (χ0n) is 28.3. The maximum Gasteiger partial charge on any atom is 0.252 e. The lowest BCUT2D eigenvalue weighted by molar-refractivity contribution is -0.128. The van der Waals surface area contributed by atoms with Crippen LogP contribution in [0.15, 0.2) is 60.2 Å². The molecule has 0 unspecified atom stereocenters. The van der Waals surface area contributed by atoms with Gasteiger partial charge in [-0.2, -0.15) is 0 Å². The Kier molecular flexibility index (Phi) is 10.4. The summed E-state index contributed by atoms with van der Waals surface area (Å²) in [6, 6.07) is 19.1. The number of carbonyl (C=O) groups is 1. The smallest absolute Gasteiger partial charge is 0.252 e. The van der Waals surface area contributed by atoms with Gasteiger partial charge in [0.05, 0.1) is 29.8 Å². The second-order valence-corrected chi connectivity index (χ2v) is 14.7. The molecule has 7 rings (SSSR count). The number of amides is 1. The number of hydrogen-bond donors (Lipinski definition) is 3. The van der Waals surface area contributed by atoms with E-state index in [-0.39, 0.29) is 24.6 Å². The topological polar surface area (TPSA) is 86.3 Å². The van der Waals surface area contributed by atoms with Gasteiger partial charge < -0.3 is 35.0 Å². The Labute approximate surface area is 299 Å². The first-order valence-corrected chi connectivity index (χ1v) is 18.3. The lowest BCUT2D eigenvalue weighted by Gasteiger charge is -2.41. The molecular formula is C39H46Cl2N4O4. The molecule has 3 aliphatic heterocycles. The fourth-order valence-electron chi connectivity index (χ4n) is 7.68. The standard InChI is InChI=1S/C39H46Cl2N4O4/c1-24-28(4-3-5-36(24)48-2)22-45(31-10-11-31)39(47)37-32(18-29-19-42-20-35(37)43-29)27-6-8-30(9-7-27)44-14-12-26(21-44)23-49-38-33(40)16-25(13-15-46)17-34(38)41/h3-9,16-17,26,29,31,35,42-43,46H,10-15,18-23H2,1-2H3/t26-,29+,35+/m1/s1. The van der Waals surface area contributed by atoms with Crippen LogP contribution in [0.3, 0.4) is 0 Å². The number of benzene rings is 3. The number of halogens is 2. The lowest BCUT2D eigenvalue weighted by atomic mass is 9.83. The van der Waals surface area contributed by atoms with Crippen molar-refractivity contribution in [2.45, 2.75) is 63.7 Å². The van der Waals surface area contributed by atoms with Gasteiger partial charge in [-0.05, 0) is 97.2 Å². The molecule has 0 spiro atoms. The van der Waals surface area contributed by atoms with Crippen molar-refractivity contribution >= 4 is 40.4 Å². The maximum absolute atomic E-state index is 14.6. The first kappa shape index (κ1) is 34.2. The van der Waals surface area contributed by atoms with E-state index in [0.717, 1.165) is 85.4 Å². The Morgan fingerprint density at radius 3 is 2.55 bits per heavy atom. The molecule has 2 bridgehead atoms.